The van der Waals surface area contributed by atoms with Crippen LogP contribution in [0.5, 0.6) is 0 Å². The number of carbonyl (C=O) groups is 2. The summed E-state index contributed by atoms with van der Waals surface area (Å²) in [5.74, 6) is -0.260. The number of nitrogens with one attached hydrogen (secondary N) is 1. The highest BCUT2D eigenvalue weighted by molar-refractivity contribution is 5.89. The van der Waals surface area contributed by atoms with Gasteiger partial charge in [0.05, 0.1) is 6.04 Å². The lowest BCUT2D eigenvalue weighted by Crippen LogP contribution is -2.41. The zero-order valence-electron chi connectivity index (χ0n) is 8.33. The van der Waals surface area contributed by atoms with Crippen LogP contribution in [0.15, 0.2) is 0 Å². The van der Waals surface area contributed by atoms with Crippen molar-refractivity contribution in [1.82, 2.24) is 5.32 Å². The fraction of sp³-hybridized carbons (Fsp3) is 0.778. The second-order valence-corrected chi connectivity index (χ2v) is 3.51. The Bertz CT molecular complexity index is 189. The fourth-order valence-electron chi connectivity index (χ4n) is 1.10. The summed E-state index contributed by atoms with van der Waals surface area (Å²) in [4.78, 5) is 21.8. The van der Waals surface area contributed by atoms with E-state index in [4.69, 9.17) is 5.11 Å². The molecule has 76 valence electrons. The monoisotopic (exact) mass is 187 g/mol. The first-order chi connectivity index (χ1) is 5.97. The second kappa shape index (κ2) is 5.70. The predicted octanol–water partition coefficient (Wildman–Crippen LogP) is 0.0986. The fourth-order valence-corrected chi connectivity index (χ4v) is 1.10. The third kappa shape index (κ3) is 5.36. The second-order valence-electron chi connectivity index (χ2n) is 3.51. The molecule has 13 heavy (non-hydrogen) atoms. The number of hydrogen-bond acceptors (Lipinski definition) is 3. The third-order valence-electron chi connectivity index (χ3n) is 1.63. The van der Waals surface area contributed by atoms with E-state index >= 15 is 0 Å². The summed E-state index contributed by atoms with van der Waals surface area (Å²) in [5.41, 5.74) is 0. The minimum absolute atomic E-state index is 0.243. The van der Waals surface area contributed by atoms with Crippen molar-refractivity contribution in [3.63, 3.8) is 0 Å². The Morgan fingerprint density at radius 1 is 1.38 bits per heavy atom. The van der Waals surface area contributed by atoms with Crippen molar-refractivity contribution in [2.24, 2.45) is 5.92 Å². The number of aliphatic hydroxyl groups is 1. The normalized spacial score (nSPS) is 12.7. The van der Waals surface area contributed by atoms with E-state index in [1.54, 1.807) is 0 Å². The summed E-state index contributed by atoms with van der Waals surface area (Å²) in [5, 5.41) is 11.1. The van der Waals surface area contributed by atoms with Gasteiger partial charge in [0.25, 0.3) is 0 Å². The van der Waals surface area contributed by atoms with Crippen LogP contribution < -0.4 is 5.32 Å². The zero-order chi connectivity index (χ0) is 10.4. The maximum atomic E-state index is 11.1. The van der Waals surface area contributed by atoms with Gasteiger partial charge >= 0.3 is 0 Å². The van der Waals surface area contributed by atoms with Gasteiger partial charge in [0.15, 0.2) is 5.78 Å². The van der Waals surface area contributed by atoms with E-state index in [0.29, 0.717) is 12.3 Å². The standard InChI is InChI=1S/C9H17NO3/c1-6(2)4-8(9(13)5-11)10-7(3)12/h6,8,11H,4-5H2,1-3H3,(H,10,12). The smallest absolute Gasteiger partial charge is 0.217 e. The van der Waals surface area contributed by atoms with Crippen LogP contribution in [0.2, 0.25) is 0 Å². The van der Waals surface area contributed by atoms with Crippen molar-refractivity contribution < 1.29 is 14.7 Å². The quantitative estimate of drug-likeness (QED) is 0.641. The molecule has 2 N–H and O–H groups in total. The number of Topliss-reactive ketones (excluding diaryl/α,β-unsaturated/α-hetero) is 1. The molecule has 0 aromatic heterocycles. The van der Waals surface area contributed by atoms with E-state index in [2.05, 4.69) is 5.32 Å². The van der Waals surface area contributed by atoms with Crippen molar-refractivity contribution >= 4 is 11.7 Å². The van der Waals surface area contributed by atoms with Crippen LogP contribution >= 0.6 is 0 Å². The SMILES string of the molecule is CC(=O)NC(CC(C)C)C(=O)CO. The summed E-state index contributed by atoms with van der Waals surface area (Å²) < 4.78 is 0. The van der Waals surface area contributed by atoms with Crippen molar-refractivity contribution in [3.05, 3.63) is 0 Å². The first-order valence-electron chi connectivity index (χ1n) is 4.38. The van der Waals surface area contributed by atoms with E-state index in [9.17, 15) is 9.59 Å². The number of amides is 1. The molecule has 0 bridgehead atoms. The van der Waals surface area contributed by atoms with Crippen LogP contribution in [0, 0.1) is 5.92 Å². The van der Waals surface area contributed by atoms with E-state index < -0.39 is 12.6 Å². The molecule has 1 unspecified atom stereocenters. The van der Waals surface area contributed by atoms with Crippen LogP contribution in [0.25, 0.3) is 0 Å². The maximum Gasteiger partial charge on any atom is 0.217 e. The first kappa shape index (κ1) is 12.1. The highest BCUT2D eigenvalue weighted by Crippen LogP contribution is 2.05. The molecule has 0 radical (unpaired) electrons. The maximum absolute atomic E-state index is 11.1. The van der Waals surface area contributed by atoms with Gasteiger partial charge in [-0.1, -0.05) is 13.8 Å². The Labute approximate surface area is 78.3 Å². The topological polar surface area (TPSA) is 66.4 Å². The lowest BCUT2D eigenvalue weighted by Gasteiger charge is -2.17. The zero-order valence-corrected chi connectivity index (χ0v) is 8.33. The molecule has 0 fully saturated rings. The Kier molecular flexibility index (Phi) is 5.30. The minimum Gasteiger partial charge on any atom is -0.389 e. The molecule has 0 aromatic rings. The van der Waals surface area contributed by atoms with E-state index in [-0.39, 0.29) is 11.7 Å². The molecule has 0 aromatic carbocycles. The van der Waals surface area contributed by atoms with Crippen molar-refractivity contribution in [2.75, 3.05) is 6.61 Å². The van der Waals surface area contributed by atoms with E-state index in [1.165, 1.54) is 6.92 Å². The number of aliphatic hydroxyl groups excluding tert-OH is 1. The van der Waals surface area contributed by atoms with E-state index in [1.807, 2.05) is 13.8 Å². The summed E-state index contributed by atoms with van der Waals surface area (Å²) in [7, 11) is 0. The van der Waals surface area contributed by atoms with Gasteiger partial charge in [0, 0.05) is 6.92 Å². The number of rotatable bonds is 5. The van der Waals surface area contributed by atoms with Gasteiger partial charge in [-0.25, -0.2) is 0 Å². The van der Waals surface area contributed by atoms with Gasteiger partial charge in [0.1, 0.15) is 6.61 Å². The molecule has 1 atom stereocenters. The predicted molar refractivity (Wildman–Crippen MR) is 49.2 cm³/mol. The number of ketones is 1. The van der Waals surface area contributed by atoms with Crippen molar-refractivity contribution in [3.8, 4) is 0 Å². The average molecular weight is 187 g/mol. The Balaban J connectivity index is 4.18. The molecule has 0 aliphatic heterocycles. The summed E-state index contributed by atoms with van der Waals surface area (Å²) in [6.45, 7) is 4.76. The molecule has 0 aliphatic rings. The van der Waals surface area contributed by atoms with Crippen LogP contribution in [0.1, 0.15) is 27.2 Å². The summed E-state index contributed by atoms with van der Waals surface area (Å²) in [6, 6.07) is -0.539. The Morgan fingerprint density at radius 3 is 2.23 bits per heavy atom. The summed E-state index contributed by atoms with van der Waals surface area (Å²) >= 11 is 0. The van der Waals surface area contributed by atoms with Crippen molar-refractivity contribution in [2.45, 2.75) is 33.2 Å². The van der Waals surface area contributed by atoms with Crippen LogP contribution in [0.4, 0.5) is 0 Å². The Morgan fingerprint density at radius 2 is 1.92 bits per heavy atom. The third-order valence-corrected chi connectivity index (χ3v) is 1.63. The number of hydrogen-bond donors (Lipinski definition) is 2. The number of carbonyl (C=O) groups excluding carboxylic acids is 2. The van der Waals surface area contributed by atoms with Gasteiger partial charge in [-0.2, -0.15) is 0 Å². The average Bonchev–Trinajstić information content (AvgIpc) is 2.00. The highest BCUT2D eigenvalue weighted by atomic mass is 16.3. The lowest BCUT2D eigenvalue weighted by molar-refractivity contribution is -0.128. The van der Waals surface area contributed by atoms with E-state index in [0.717, 1.165) is 0 Å². The van der Waals surface area contributed by atoms with Crippen molar-refractivity contribution in [1.29, 1.82) is 0 Å². The van der Waals surface area contributed by atoms with Gasteiger partial charge in [-0.3, -0.25) is 9.59 Å². The van der Waals surface area contributed by atoms with Gasteiger partial charge in [-0.05, 0) is 12.3 Å². The molecule has 0 spiro atoms. The first-order valence-corrected chi connectivity index (χ1v) is 4.38. The van der Waals surface area contributed by atoms with Gasteiger partial charge in [0.2, 0.25) is 5.91 Å². The molecule has 0 saturated carbocycles. The molecule has 0 heterocycles. The Hall–Kier alpha value is -0.900. The molecular weight excluding hydrogens is 170 g/mol. The molecule has 0 rings (SSSR count). The van der Waals surface area contributed by atoms with Gasteiger partial charge < -0.3 is 10.4 Å². The molecular formula is C9H17NO3. The summed E-state index contributed by atoms with van der Waals surface area (Å²) in [6.07, 6.45) is 0.568. The van der Waals surface area contributed by atoms with Gasteiger partial charge in [-0.15, -0.1) is 0 Å². The molecule has 0 aliphatic carbocycles. The largest absolute Gasteiger partial charge is 0.389 e. The lowest BCUT2D eigenvalue weighted by atomic mass is 10.0. The molecule has 4 heteroatoms. The van der Waals surface area contributed by atoms with Crippen LogP contribution in [-0.4, -0.2) is 29.4 Å². The molecule has 1 amide bonds. The minimum atomic E-state index is -0.539. The highest BCUT2D eigenvalue weighted by Gasteiger charge is 2.19. The van der Waals surface area contributed by atoms with Crippen LogP contribution in [0.3, 0.4) is 0 Å². The van der Waals surface area contributed by atoms with Crippen LogP contribution in [-0.2, 0) is 9.59 Å². The molecule has 4 nitrogen and oxygen atoms in total. The molecule has 0 saturated heterocycles.